The van der Waals surface area contributed by atoms with Crippen molar-refractivity contribution in [3.8, 4) is 0 Å². The molecule has 0 spiro atoms. The second kappa shape index (κ2) is 2.11. The number of hydrazine groups is 1. The molecule has 0 amide bonds. The number of nitrogens with zero attached hydrogens (tertiary/aromatic N) is 1. The molecule has 0 aromatic rings. The Balaban J connectivity index is 2.16. The molecular weight excluding hydrogens is 134 g/mol. The first-order chi connectivity index (χ1) is 4.47. The Morgan fingerprint density at radius 2 is 2.67 bits per heavy atom. The van der Waals surface area contributed by atoms with Crippen molar-refractivity contribution in [1.29, 1.82) is 0 Å². The van der Waals surface area contributed by atoms with Crippen molar-refractivity contribution in [3.05, 3.63) is 11.9 Å². The van der Waals surface area contributed by atoms with Crippen LogP contribution in [0.5, 0.6) is 0 Å². The Morgan fingerprint density at radius 3 is 3.56 bits per heavy atom. The number of hydrogen-bond donors (Lipinski definition) is 2. The maximum Gasteiger partial charge on any atom is 0.123 e. The van der Waals surface area contributed by atoms with Gasteiger partial charge in [0.25, 0.3) is 0 Å². The summed E-state index contributed by atoms with van der Waals surface area (Å²) in [4.78, 5) is 3.13. The summed E-state index contributed by atoms with van der Waals surface area (Å²) in [6, 6.07) is 0. The van der Waals surface area contributed by atoms with E-state index in [2.05, 4.69) is 20.6 Å². The van der Waals surface area contributed by atoms with Crippen molar-refractivity contribution >= 4 is 12.1 Å². The van der Waals surface area contributed by atoms with E-state index in [0.29, 0.717) is 0 Å². The highest BCUT2D eigenvalue weighted by Crippen LogP contribution is 2.17. The summed E-state index contributed by atoms with van der Waals surface area (Å²) in [6.45, 7) is 1.13. The van der Waals surface area contributed by atoms with Crippen molar-refractivity contribution in [1.82, 2.24) is 14.6 Å². The normalized spacial score (nSPS) is 24.9. The van der Waals surface area contributed by atoms with Crippen molar-refractivity contribution < 1.29 is 0 Å². The van der Waals surface area contributed by atoms with Crippen molar-refractivity contribution in [2.75, 3.05) is 6.54 Å². The molecule has 0 aromatic carbocycles. The van der Waals surface area contributed by atoms with Gasteiger partial charge in [-0.25, -0.2) is 0 Å². The van der Waals surface area contributed by atoms with E-state index in [4.69, 9.17) is 0 Å². The summed E-state index contributed by atoms with van der Waals surface area (Å²) in [5, 5.41) is 2.13. The van der Waals surface area contributed by atoms with Gasteiger partial charge in [0.15, 0.2) is 0 Å². The third-order valence-electron chi connectivity index (χ3n) is 1.53. The fraction of sp³-hybridized carbons (Fsp3) is 0.600. The highest BCUT2D eigenvalue weighted by molar-refractivity contribution is 7.95. The van der Waals surface area contributed by atoms with Gasteiger partial charge < -0.3 is 4.72 Å². The Kier molecular flexibility index (Phi) is 1.28. The third kappa shape index (κ3) is 0.881. The molecule has 0 unspecified atom stereocenters. The Labute approximate surface area is 58.7 Å². The average Bonchev–Trinajstić information content (AvgIpc) is 2.33. The molecule has 1 fully saturated rings. The van der Waals surface area contributed by atoms with E-state index in [1.54, 1.807) is 0 Å². The minimum atomic E-state index is 1.13. The van der Waals surface area contributed by atoms with E-state index in [1.807, 2.05) is 0 Å². The number of hydrogen-bond acceptors (Lipinski definition) is 4. The summed E-state index contributed by atoms with van der Waals surface area (Å²) in [5.74, 6) is 1.23. The van der Waals surface area contributed by atoms with Gasteiger partial charge in [0, 0.05) is 6.54 Å². The van der Waals surface area contributed by atoms with E-state index in [1.165, 1.54) is 30.8 Å². The van der Waals surface area contributed by atoms with E-state index in [-0.39, 0.29) is 0 Å². The molecular formula is C5H9N3S. The van der Waals surface area contributed by atoms with Gasteiger partial charge in [-0.1, -0.05) is 0 Å². The molecule has 4 heteroatoms. The predicted octanol–water partition coefficient (Wildman–Crippen LogP) is 0.595. The van der Waals surface area contributed by atoms with Gasteiger partial charge >= 0.3 is 0 Å². The fourth-order valence-electron chi connectivity index (χ4n) is 1.04. The molecule has 0 bridgehead atoms. The highest BCUT2D eigenvalue weighted by atomic mass is 32.2. The quantitative estimate of drug-likeness (QED) is 0.485. The van der Waals surface area contributed by atoms with Gasteiger partial charge in [-0.05, 0) is 18.9 Å². The average molecular weight is 143 g/mol. The summed E-state index contributed by atoms with van der Waals surface area (Å²) in [6.07, 6.45) is 4.69. The Hall–Kier alpha value is -0.350. The number of nitrogens with one attached hydrogen (secondary N) is 2. The lowest BCUT2D eigenvalue weighted by atomic mass is 10.2. The summed E-state index contributed by atoms with van der Waals surface area (Å²) < 4.78 is 3.15. The largest absolute Gasteiger partial charge is 0.301 e. The maximum absolute atomic E-state index is 3.15. The van der Waals surface area contributed by atoms with Crippen molar-refractivity contribution in [3.63, 3.8) is 0 Å². The maximum atomic E-state index is 3.15. The molecule has 0 radical (unpaired) electrons. The summed E-state index contributed by atoms with van der Waals surface area (Å²) >= 11 is 1.54. The summed E-state index contributed by atoms with van der Waals surface area (Å²) in [7, 11) is 0. The van der Waals surface area contributed by atoms with Gasteiger partial charge in [0.2, 0.25) is 0 Å². The van der Waals surface area contributed by atoms with Gasteiger partial charge in [-0.3, -0.25) is 5.01 Å². The van der Waals surface area contributed by atoms with Gasteiger partial charge in [-0.15, -0.1) is 0 Å². The molecule has 2 aliphatic heterocycles. The molecule has 9 heavy (non-hydrogen) atoms. The minimum Gasteiger partial charge on any atom is -0.301 e. The van der Waals surface area contributed by atoms with Crippen LogP contribution in [0.3, 0.4) is 0 Å². The molecule has 3 nitrogen and oxygen atoms in total. The smallest absolute Gasteiger partial charge is 0.123 e. The van der Waals surface area contributed by atoms with Crippen LogP contribution in [0.1, 0.15) is 12.8 Å². The van der Waals surface area contributed by atoms with Crippen molar-refractivity contribution in [2.24, 2.45) is 0 Å². The van der Waals surface area contributed by atoms with Crippen LogP contribution in [0, 0.1) is 0 Å². The van der Waals surface area contributed by atoms with Crippen LogP contribution in [0.4, 0.5) is 0 Å². The van der Waals surface area contributed by atoms with Crippen LogP contribution in [-0.4, -0.2) is 11.6 Å². The zero-order chi connectivity index (χ0) is 6.10. The standard InChI is InChI=1S/C5H9N3S/c1-2-4-8-5(3-1)6-9-7-8/h3,6-7H,1-2,4H2. The molecule has 0 saturated carbocycles. The molecule has 0 aromatic heterocycles. The monoisotopic (exact) mass is 143 g/mol. The predicted molar refractivity (Wildman–Crippen MR) is 37.9 cm³/mol. The van der Waals surface area contributed by atoms with E-state index in [0.717, 1.165) is 6.54 Å². The molecule has 2 rings (SSSR count). The fourth-order valence-corrected chi connectivity index (χ4v) is 1.68. The van der Waals surface area contributed by atoms with Gasteiger partial charge in [0.1, 0.15) is 5.82 Å². The lowest BCUT2D eigenvalue weighted by Gasteiger charge is -2.20. The molecule has 0 aliphatic carbocycles. The molecule has 2 heterocycles. The van der Waals surface area contributed by atoms with Crippen LogP contribution in [0.15, 0.2) is 11.9 Å². The van der Waals surface area contributed by atoms with Crippen molar-refractivity contribution in [2.45, 2.75) is 12.8 Å². The number of rotatable bonds is 0. The zero-order valence-corrected chi connectivity index (χ0v) is 5.87. The van der Waals surface area contributed by atoms with Crippen LogP contribution in [-0.2, 0) is 0 Å². The van der Waals surface area contributed by atoms with Gasteiger partial charge in [0.05, 0.1) is 12.1 Å². The molecule has 2 aliphatic rings. The molecule has 2 N–H and O–H groups in total. The number of fused-ring (bicyclic) bond motifs is 1. The van der Waals surface area contributed by atoms with E-state index < -0.39 is 0 Å². The van der Waals surface area contributed by atoms with Crippen LogP contribution in [0.25, 0.3) is 0 Å². The second-order valence-corrected chi connectivity index (χ2v) is 2.77. The van der Waals surface area contributed by atoms with Crippen LogP contribution >= 0.6 is 12.1 Å². The number of allylic oxidation sites excluding steroid dienone is 1. The zero-order valence-electron chi connectivity index (χ0n) is 5.05. The first-order valence-electron chi connectivity index (χ1n) is 3.12. The van der Waals surface area contributed by atoms with Gasteiger partial charge in [-0.2, -0.15) is 4.83 Å². The first kappa shape index (κ1) is 5.44. The first-order valence-corrected chi connectivity index (χ1v) is 3.94. The van der Waals surface area contributed by atoms with Crippen LogP contribution in [0.2, 0.25) is 0 Å². The topological polar surface area (TPSA) is 27.3 Å². The SMILES string of the molecule is C1=C2NSNN2CCC1. The Morgan fingerprint density at radius 1 is 1.67 bits per heavy atom. The van der Waals surface area contributed by atoms with E-state index >= 15 is 0 Å². The minimum absolute atomic E-state index is 1.13. The van der Waals surface area contributed by atoms with Crippen LogP contribution < -0.4 is 9.55 Å². The lowest BCUT2D eigenvalue weighted by molar-refractivity contribution is 0.310. The highest BCUT2D eigenvalue weighted by Gasteiger charge is 2.18. The Bertz CT molecular complexity index is 145. The molecule has 0 atom stereocenters. The second-order valence-electron chi connectivity index (χ2n) is 2.18. The summed E-state index contributed by atoms with van der Waals surface area (Å²) in [5.41, 5.74) is 0. The van der Waals surface area contributed by atoms with E-state index in [9.17, 15) is 0 Å². The molecule has 1 saturated heterocycles. The lowest BCUT2D eigenvalue weighted by Crippen LogP contribution is -2.30. The third-order valence-corrected chi connectivity index (χ3v) is 2.15. The molecule has 50 valence electrons.